The number of benzene rings is 2. The number of piperidine rings is 1. The second-order valence-electron chi connectivity index (χ2n) is 8.39. The summed E-state index contributed by atoms with van der Waals surface area (Å²) in [6.45, 7) is 5.35. The fourth-order valence-corrected chi connectivity index (χ4v) is 4.19. The van der Waals surface area contributed by atoms with Gasteiger partial charge in [-0.2, -0.15) is 0 Å². The van der Waals surface area contributed by atoms with E-state index in [0.29, 0.717) is 19.0 Å². The molecule has 0 aliphatic carbocycles. The number of likely N-dealkylation sites (tertiary alicyclic amines) is 1. The SMILES string of the molecule is CC[C@H](C)[C@@H](NC(=O)Cc1ccc(F)cc1)C(=O)N1CCC(c2ccc(Cl)cc2)CC1. The largest absolute Gasteiger partial charge is 0.344 e. The summed E-state index contributed by atoms with van der Waals surface area (Å²) in [6, 6.07) is 13.2. The topological polar surface area (TPSA) is 49.4 Å². The lowest BCUT2D eigenvalue weighted by Gasteiger charge is -2.36. The van der Waals surface area contributed by atoms with Crippen LogP contribution in [0.3, 0.4) is 0 Å². The van der Waals surface area contributed by atoms with Crippen molar-refractivity contribution in [3.8, 4) is 0 Å². The number of carbonyl (C=O) groups is 2. The molecule has 31 heavy (non-hydrogen) atoms. The minimum absolute atomic E-state index is 0.0173. The van der Waals surface area contributed by atoms with Crippen LogP contribution in [0.5, 0.6) is 0 Å². The van der Waals surface area contributed by atoms with E-state index in [2.05, 4.69) is 17.4 Å². The zero-order valence-corrected chi connectivity index (χ0v) is 18.9. The molecule has 2 amide bonds. The molecule has 2 aromatic carbocycles. The Morgan fingerprint density at radius 2 is 1.71 bits per heavy atom. The zero-order valence-electron chi connectivity index (χ0n) is 18.1. The lowest BCUT2D eigenvalue weighted by Crippen LogP contribution is -2.53. The number of nitrogens with zero attached hydrogens (tertiary/aromatic N) is 1. The van der Waals surface area contributed by atoms with Crippen molar-refractivity contribution in [2.24, 2.45) is 5.92 Å². The average molecular weight is 445 g/mol. The fraction of sp³-hybridized carbons (Fsp3) is 0.440. The second kappa shape index (κ2) is 10.8. The number of rotatable bonds is 7. The minimum atomic E-state index is -0.551. The Hall–Kier alpha value is -2.40. The molecule has 0 radical (unpaired) electrons. The van der Waals surface area contributed by atoms with Gasteiger partial charge in [0, 0.05) is 18.1 Å². The second-order valence-corrected chi connectivity index (χ2v) is 8.82. The maximum atomic E-state index is 13.3. The van der Waals surface area contributed by atoms with Gasteiger partial charge >= 0.3 is 0 Å². The Kier molecular flexibility index (Phi) is 8.08. The van der Waals surface area contributed by atoms with Crippen LogP contribution in [0.15, 0.2) is 48.5 Å². The summed E-state index contributed by atoms with van der Waals surface area (Å²) >= 11 is 5.99. The Bertz CT molecular complexity index is 877. The number of hydrogen-bond donors (Lipinski definition) is 1. The average Bonchev–Trinajstić information content (AvgIpc) is 2.79. The standard InChI is InChI=1S/C25H30ClFN2O2/c1-3-17(2)24(28-23(30)16-18-4-10-22(27)11-5-18)25(31)29-14-12-20(13-15-29)19-6-8-21(26)9-7-19/h4-11,17,20,24H,3,12-16H2,1-2H3,(H,28,30)/t17-,24+/m0/s1. The first-order valence-electron chi connectivity index (χ1n) is 11.0. The molecule has 1 heterocycles. The van der Waals surface area contributed by atoms with Crippen molar-refractivity contribution in [1.29, 1.82) is 0 Å². The molecular weight excluding hydrogens is 415 g/mol. The molecule has 1 saturated heterocycles. The van der Waals surface area contributed by atoms with Crippen molar-refractivity contribution < 1.29 is 14.0 Å². The third-order valence-corrected chi connectivity index (χ3v) is 6.47. The number of amides is 2. The van der Waals surface area contributed by atoms with E-state index in [0.717, 1.165) is 29.8 Å². The van der Waals surface area contributed by atoms with E-state index in [1.165, 1.54) is 17.7 Å². The van der Waals surface area contributed by atoms with E-state index in [1.54, 1.807) is 12.1 Å². The number of carbonyl (C=O) groups excluding carboxylic acids is 2. The summed E-state index contributed by atoms with van der Waals surface area (Å²) in [6.07, 6.45) is 2.70. The van der Waals surface area contributed by atoms with Crippen LogP contribution in [0.1, 0.15) is 50.2 Å². The smallest absolute Gasteiger partial charge is 0.245 e. The van der Waals surface area contributed by atoms with Gasteiger partial charge in [0.2, 0.25) is 11.8 Å². The summed E-state index contributed by atoms with van der Waals surface area (Å²) in [5.74, 6) is -0.133. The van der Waals surface area contributed by atoms with E-state index in [-0.39, 0.29) is 30.0 Å². The van der Waals surface area contributed by atoms with E-state index in [4.69, 9.17) is 11.6 Å². The predicted molar refractivity (Wildman–Crippen MR) is 121 cm³/mol. The van der Waals surface area contributed by atoms with Crippen LogP contribution in [-0.4, -0.2) is 35.8 Å². The molecule has 1 fully saturated rings. The summed E-state index contributed by atoms with van der Waals surface area (Å²) in [7, 11) is 0. The summed E-state index contributed by atoms with van der Waals surface area (Å²) < 4.78 is 13.1. The molecule has 0 spiro atoms. The van der Waals surface area contributed by atoms with E-state index in [1.807, 2.05) is 30.9 Å². The molecule has 1 aliphatic rings. The van der Waals surface area contributed by atoms with Crippen molar-refractivity contribution >= 4 is 23.4 Å². The third kappa shape index (κ3) is 6.30. The lowest BCUT2D eigenvalue weighted by molar-refractivity contribution is -0.138. The van der Waals surface area contributed by atoms with Crippen LogP contribution >= 0.6 is 11.6 Å². The van der Waals surface area contributed by atoms with Crippen molar-refractivity contribution in [3.63, 3.8) is 0 Å². The first kappa shape index (κ1) is 23.3. The monoisotopic (exact) mass is 444 g/mol. The molecule has 1 N–H and O–H groups in total. The van der Waals surface area contributed by atoms with Crippen LogP contribution in [-0.2, 0) is 16.0 Å². The maximum Gasteiger partial charge on any atom is 0.245 e. The summed E-state index contributed by atoms with van der Waals surface area (Å²) in [5, 5.41) is 3.66. The molecule has 0 saturated carbocycles. The van der Waals surface area contributed by atoms with Gasteiger partial charge < -0.3 is 10.2 Å². The third-order valence-electron chi connectivity index (χ3n) is 6.22. The van der Waals surface area contributed by atoms with Crippen LogP contribution in [0.25, 0.3) is 0 Å². The van der Waals surface area contributed by atoms with Crippen LogP contribution in [0.4, 0.5) is 4.39 Å². The molecule has 0 aromatic heterocycles. The molecule has 166 valence electrons. The molecule has 6 heteroatoms. The van der Waals surface area contributed by atoms with E-state index in [9.17, 15) is 14.0 Å². The highest BCUT2D eigenvalue weighted by molar-refractivity contribution is 6.30. The van der Waals surface area contributed by atoms with Gasteiger partial charge in [-0.3, -0.25) is 9.59 Å². The Morgan fingerprint density at radius 3 is 2.29 bits per heavy atom. The van der Waals surface area contributed by atoms with Gasteiger partial charge in [0.1, 0.15) is 11.9 Å². The molecular formula is C25H30ClFN2O2. The Balaban J connectivity index is 1.60. The fourth-order valence-electron chi connectivity index (χ4n) is 4.06. The van der Waals surface area contributed by atoms with Gasteiger partial charge in [-0.05, 0) is 60.1 Å². The molecule has 1 aliphatic heterocycles. The normalized spacial score (nSPS) is 16.6. The van der Waals surface area contributed by atoms with Crippen molar-refractivity contribution in [2.75, 3.05) is 13.1 Å². The van der Waals surface area contributed by atoms with Gasteiger partial charge in [0.05, 0.1) is 6.42 Å². The van der Waals surface area contributed by atoms with Gasteiger partial charge in [-0.15, -0.1) is 0 Å². The molecule has 3 rings (SSSR count). The predicted octanol–water partition coefficient (Wildman–Crippen LogP) is 4.96. The van der Waals surface area contributed by atoms with E-state index < -0.39 is 6.04 Å². The quantitative estimate of drug-likeness (QED) is 0.656. The van der Waals surface area contributed by atoms with E-state index >= 15 is 0 Å². The van der Waals surface area contributed by atoms with Gasteiger partial charge in [-0.25, -0.2) is 4.39 Å². The zero-order chi connectivity index (χ0) is 22.4. The van der Waals surface area contributed by atoms with Crippen LogP contribution < -0.4 is 5.32 Å². The molecule has 2 atom stereocenters. The Morgan fingerprint density at radius 1 is 1.10 bits per heavy atom. The highest BCUT2D eigenvalue weighted by Crippen LogP contribution is 2.29. The van der Waals surface area contributed by atoms with Crippen molar-refractivity contribution in [2.45, 2.75) is 51.5 Å². The number of hydrogen-bond acceptors (Lipinski definition) is 2. The van der Waals surface area contributed by atoms with Crippen LogP contribution in [0.2, 0.25) is 5.02 Å². The van der Waals surface area contributed by atoms with Crippen molar-refractivity contribution in [3.05, 3.63) is 70.5 Å². The van der Waals surface area contributed by atoms with Gasteiger partial charge in [0.25, 0.3) is 0 Å². The lowest BCUT2D eigenvalue weighted by atomic mass is 9.88. The maximum absolute atomic E-state index is 13.3. The highest BCUT2D eigenvalue weighted by Gasteiger charge is 2.32. The molecule has 0 unspecified atom stereocenters. The number of nitrogens with one attached hydrogen (secondary N) is 1. The summed E-state index contributed by atoms with van der Waals surface area (Å²) in [4.78, 5) is 27.7. The Labute approximate surface area is 188 Å². The highest BCUT2D eigenvalue weighted by atomic mass is 35.5. The molecule has 4 nitrogen and oxygen atoms in total. The first-order valence-corrected chi connectivity index (χ1v) is 11.3. The molecule has 2 aromatic rings. The number of halogens is 2. The van der Waals surface area contributed by atoms with Crippen LogP contribution in [0, 0.1) is 11.7 Å². The van der Waals surface area contributed by atoms with Gasteiger partial charge in [-0.1, -0.05) is 56.1 Å². The van der Waals surface area contributed by atoms with Gasteiger partial charge in [0.15, 0.2) is 0 Å². The first-order chi connectivity index (χ1) is 14.9. The summed E-state index contributed by atoms with van der Waals surface area (Å²) in [5.41, 5.74) is 1.97. The van der Waals surface area contributed by atoms with Crippen molar-refractivity contribution in [1.82, 2.24) is 10.2 Å². The molecule has 0 bridgehead atoms. The minimum Gasteiger partial charge on any atom is -0.344 e.